The van der Waals surface area contributed by atoms with E-state index >= 15 is 0 Å². The van der Waals surface area contributed by atoms with E-state index in [2.05, 4.69) is 74.8 Å². The Morgan fingerprint density at radius 1 is 1.00 bits per heavy atom. The van der Waals surface area contributed by atoms with E-state index < -0.39 is 0 Å². The summed E-state index contributed by atoms with van der Waals surface area (Å²) in [5, 5.41) is 14.1. The van der Waals surface area contributed by atoms with Gasteiger partial charge in [0.05, 0.1) is 6.04 Å². The van der Waals surface area contributed by atoms with E-state index in [1.807, 2.05) is 16.8 Å². The summed E-state index contributed by atoms with van der Waals surface area (Å²) in [5.41, 5.74) is 4.13. The summed E-state index contributed by atoms with van der Waals surface area (Å²) < 4.78 is 2.02. The predicted molar refractivity (Wildman–Crippen MR) is 141 cm³/mol. The highest BCUT2D eigenvalue weighted by atomic mass is 16.1. The van der Waals surface area contributed by atoms with Crippen molar-refractivity contribution in [3.63, 3.8) is 0 Å². The number of aromatic amines is 1. The first-order valence-corrected chi connectivity index (χ1v) is 13.3. The van der Waals surface area contributed by atoms with Crippen LogP contribution in [0.2, 0.25) is 0 Å². The lowest BCUT2D eigenvalue weighted by molar-refractivity contribution is 0.141. The molecule has 4 aromatic rings. The molecule has 2 fully saturated rings. The lowest BCUT2D eigenvalue weighted by Gasteiger charge is -2.37. The molecule has 0 bridgehead atoms. The number of aryl methyl sites for hydroxylation is 1. The number of nitrogens with zero attached hydrogens (tertiary/aromatic N) is 5. The van der Waals surface area contributed by atoms with Gasteiger partial charge in [-0.05, 0) is 97.6 Å². The molecule has 3 heterocycles. The molecule has 1 N–H and O–H groups in total. The number of pyridine rings is 1. The number of tetrazole rings is 1. The van der Waals surface area contributed by atoms with Gasteiger partial charge in [0.25, 0.3) is 5.56 Å². The number of rotatable bonds is 6. The van der Waals surface area contributed by atoms with Crippen LogP contribution in [0.4, 0.5) is 0 Å². The molecule has 1 aliphatic heterocycles. The number of hydrogen-bond donors (Lipinski definition) is 1. The van der Waals surface area contributed by atoms with E-state index in [4.69, 9.17) is 0 Å². The van der Waals surface area contributed by atoms with Gasteiger partial charge in [0.2, 0.25) is 0 Å². The van der Waals surface area contributed by atoms with Crippen LogP contribution in [0.15, 0.2) is 59.4 Å². The average Bonchev–Trinajstić information content (AvgIpc) is 3.59. The van der Waals surface area contributed by atoms with Crippen molar-refractivity contribution in [1.29, 1.82) is 0 Å². The molecular formula is C29H34N6O. The maximum absolute atomic E-state index is 13.5. The molecule has 7 heteroatoms. The van der Waals surface area contributed by atoms with Gasteiger partial charge in [0, 0.05) is 11.1 Å². The number of likely N-dealkylation sites (tertiary alicyclic amines) is 1. The highest BCUT2D eigenvalue weighted by Crippen LogP contribution is 2.36. The lowest BCUT2D eigenvalue weighted by Crippen LogP contribution is -2.41. The van der Waals surface area contributed by atoms with Crippen LogP contribution in [-0.2, 0) is 6.42 Å². The molecule has 0 radical (unpaired) electrons. The molecule has 1 saturated heterocycles. The highest BCUT2D eigenvalue weighted by molar-refractivity contribution is 5.79. The number of nitrogens with one attached hydrogen (secondary N) is 1. The third-order valence-corrected chi connectivity index (χ3v) is 8.14. The van der Waals surface area contributed by atoms with Crippen LogP contribution in [0.1, 0.15) is 73.1 Å². The third-order valence-electron chi connectivity index (χ3n) is 8.14. The Morgan fingerprint density at radius 2 is 1.78 bits per heavy atom. The van der Waals surface area contributed by atoms with Crippen molar-refractivity contribution >= 4 is 10.9 Å². The van der Waals surface area contributed by atoms with Crippen LogP contribution in [-0.4, -0.2) is 43.2 Å². The molecule has 1 saturated carbocycles. The molecule has 2 aromatic heterocycles. The first-order chi connectivity index (χ1) is 17.7. The van der Waals surface area contributed by atoms with E-state index in [9.17, 15) is 4.79 Å². The summed E-state index contributed by atoms with van der Waals surface area (Å²) in [6.07, 6.45) is 7.90. The van der Waals surface area contributed by atoms with Crippen LogP contribution in [0.25, 0.3) is 10.9 Å². The minimum atomic E-state index is -0.257. The van der Waals surface area contributed by atoms with Gasteiger partial charge in [-0.3, -0.25) is 9.69 Å². The Morgan fingerprint density at radius 3 is 2.56 bits per heavy atom. The topological polar surface area (TPSA) is 79.7 Å². The van der Waals surface area contributed by atoms with Crippen LogP contribution in [0.3, 0.4) is 0 Å². The van der Waals surface area contributed by atoms with Gasteiger partial charge in [0.15, 0.2) is 5.82 Å². The molecule has 6 rings (SSSR count). The fourth-order valence-electron chi connectivity index (χ4n) is 6.20. The lowest BCUT2D eigenvalue weighted by atomic mass is 9.89. The van der Waals surface area contributed by atoms with Crippen molar-refractivity contribution < 1.29 is 0 Å². The number of fused-ring (bicyclic) bond motifs is 1. The molecule has 1 atom stereocenters. The molecule has 7 nitrogen and oxygen atoms in total. The number of aromatic nitrogens is 5. The second-order valence-electron chi connectivity index (χ2n) is 10.6. The van der Waals surface area contributed by atoms with Crippen LogP contribution >= 0.6 is 0 Å². The van der Waals surface area contributed by atoms with E-state index in [-0.39, 0.29) is 11.6 Å². The van der Waals surface area contributed by atoms with Crippen molar-refractivity contribution in [2.24, 2.45) is 5.92 Å². The fraction of sp³-hybridized carbons (Fsp3) is 0.448. The molecule has 2 aromatic carbocycles. The molecule has 186 valence electrons. The van der Waals surface area contributed by atoms with Crippen molar-refractivity contribution in [3.05, 3.63) is 87.5 Å². The number of piperidine rings is 1. The molecule has 1 aliphatic carbocycles. The summed E-state index contributed by atoms with van der Waals surface area (Å²) in [6, 6.07) is 19.1. The molecule has 36 heavy (non-hydrogen) atoms. The zero-order valence-corrected chi connectivity index (χ0v) is 20.9. The van der Waals surface area contributed by atoms with Gasteiger partial charge in [-0.1, -0.05) is 54.8 Å². The second kappa shape index (κ2) is 9.97. The smallest absolute Gasteiger partial charge is 0.253 e. The molecule has 2 aliphatic rings. The Kier molecular flexibility index (Phi) is 6.40. The first kappa shape index (κ1) is 23.1. The van der Waals surface area contributed by atoms with E-state index in [0.717, 1.165) is 67.5 Å². The van der Waals surface area contributed by atoms with Gasteiger partial charge in [-0.2, -0.15) is 0 Å². The third kappa shape index (κ3) is 4.60. The van der Waals surface area contributed by atoms with Crippen molar-refractivity contribution in [2.75, 3.05) is 13.1 Å². The van der Waals surface area contributed by atoms with Gasteiger partial charge in [0.1, 0.15) is 6.04 Å². The van der Waals surface area contributed by atoms with Crippen LogP contribution in [0, 0.1) is 12.8 Å². The largest absolute Gasteiger partial charge is 0.322 e. The Hall–Kier alpha value is -3.32. The van der Waals surface area contributed by atoms with Gasteiger partial charge < -0.3 is 4.98 Å². The molecule has 0 spiro atoms. The quantitative estimate of drug-likeness (QED) is 0.419. The predicted octanol–water partition coefficient (Wildman–Crippen LogP) is 4.98. The standard InChI is InChI=1S/C29H34N6O/c1-20-11-12-26-23(17-20)19-25(29(36)30-26)27(28-31-32-33-35(28)24-9-5-6-10-24)34-15-13-22(14-16-34)18-21-7-3-2-4-8-21/h2-4,7-8,11-12,17,19,22,24,27H,5-6,9-10,13-16,18H2,1H3,(H,30,36)/t27-/m0/s1. The summed E-state index contributed by atoms with van der Waals surface area (Å²) >= 11 is 0. The van der Waals surface area contributed by atoms with E-state index in [1.54, 1.807) is 0 Å². The minimum Gasteiger partial charge on any atom is -0.322 e. The van der Waals surface area contributed by atoms with Crippen molar-refractivity contribution in [2.45, 2.75) is 64.0 Å². The summed E-state index contributed by atoms with van der Waals surface area (Å²) in [5.74, 6) is 1.45. The van der Waals surface area contributed by atoms with E-state index in [1.165, 1.54) is 24.0 Å². The monoisotopic (exact) mass is 482 g/mol. The SMILES string of the molecule is Cc1ccc2[nH]c(=O)c([C@@H](c3nnnn3C3CCCC3)N3CCC(Cc4ccccc4)CC3)cc2c1. The van der Waals surface area contributed by atoms with Crippen LogP contribution in [0.5, 0.6) is 0 Å². The summed E-state index contributed by atoms with van der Waals surface area (Å²) in [4.78, 5) is 19.0. The second-order valence-corrected chi connectivity index (χ2v) is 10.6. The fourth-order valence-corrected chi connectivity index (χ4v) is 6.20. The van der Waals surface area contributed by atoms with Gasteiger partial charge in [-0.15, -0.1) is 5.10 Å². The summed E-state index contributed by atoms with van der Waals surface area (Å²) in [7, 11) is 0. The van der Waals surface area contributed by atoms with Gasteiger partial charge in [-0.25, -0.2) is 4.68 Å². The Labute approximate surface area is 211 Å². The molecular weight excluding hydrogens is 448 g/mol. The minimum absolute atomic E-state index is 0.0521. The van der Waals surface area contributed by atoms with Gasteiger partial charge >= 0.3 is 0 Å². The Balaban J connectivity index is 1.35. The molecule has 0 amide bonds. The van der Waals surface area contributed by atoms with Crippen molar-refractivity contribution in [1.82, 2.24) is 30.1 Å². The average molecular weight is 483 g/mol. The molecule has 0 unspecified atom stereocenters. The van der Waals surface area contributed by atoms with Crippen molar-refractivity contribution in [3.8, 4) is 0 Å². The van der Waals surface area contributed by atoms with E-state index in [0.29, 0.717) is 12.0 Å². The highest BCUT2D eigenvalue weighted by Gasteiger charge is 2.35. The number of H-pyrrole nitrogens is 1. The first-order valence-electron chi connectivity index (χ1n) is 13.3. The normalized spacial score (nSPS) is 18.7. The van der Waals surface area contributed by atoms with Crippen LogP contribution < -0.4 is 5.56 Å². The maximum atomic E-state index is 13.5. The number of benzene rings is 2. The Bertz CT molecular complexity index is 1380. The zero-order valence-electron chi connectivity index (χ0n) is 20.9. The maximum Gasteiger partial charge on any atom is 0.253 e. The number of hydrogen-bond acceptors (Lipinski definition) is 5. The zero-order chi connectivity index (χ0) is 24.5. The summed E-state index contributed by atoms with van der Waals surface area (Å²) in [6.45, 7) is 3.93.